The van der Waals surface area contributed by atoms with Crippen LogP contribution in [0, 0.1) is 6.92 Å². The van der Waals surface area contributed by atoms with Crippen LogP contribution in [0.25, 0.3) is 0 Å². The van der Waals surface area contributed by atoms with Crippen molar-refractivity contribution in [3.8, 4) is 5.75 Å². The van der Waals surface area contributed by atoms with E-state index in [-0.39, 0.29) is 18.0 Å². The van der Waals surface area contributed by atoms with E-state index < -0.39 is 0 Å². The predicted octanol–water partition coefficient (Wildman–Crippen LogP) is 3.81. The monoisotopic (exact) mass is 395 g/mol. The molecule has 0 saturated carbocycles. The first-order valence-corrected chi connectivity index (χ1v) is 9.29. The summed E-state index contributed by atoms with van der Waals surface area (Å²) in [6.07, 6.45) is 0. The second-order valence-electron chi connectivity index (χ2n) is 6.43. The molecule has 3 N–H and O–H groups in total. The van der Waals surface area contributed by atoms with Crippen molar-refractivity contribution in [1.29, 1.82) is 0 Å². The Balaban J connectivity index is 1.95. The van der Waals surface area contributed by atoms with Crippen molar-refractivity contribution in [2.75, 3.05) is 13.7 Å². The van der Waals surface area contributed by atoms with Gasteiger partial charge >= 0.3 is 0 Å². The predicted molar refractivity (Wildman–Crippen MR) is 106 cm³/mol. The molecule has 0 aliphatic heterocycles. The van der Waals surface area contributed by atoms with E-state index in [0.29, 0.717) is 16.6 Å². The molecular formula is C20H25Cl2N2O2+. The number of benzene rings is 2. The van der Waals surface area contributed by atoms with Gasteiger partial charge in [0.15, 0.2) is 6.54 Å². The van der Waals surface area contributed by atoms with Gasteiger partial charge in [-0.05, 0) is 50.6 Å². The molecule has 140 valence electrons. The maximum atomic E-state index is 12.3. The number of methoxy groups -OCH3 is 1. The second kappa shape index (κ2) is 9.26. The molecule has 0 saturated heterocycles. The molecule has 2 rings (SSSR count). The maximum Gasteiger partial charge on any atom is 0.275 e. The van der Waals surface area contributed by atoms with E-state index in [4.69, 9.17) is 27.9 Å². The van der Waals surface area contributed by atoms with Gasteiger partial charge in [-0.25, -0.2) is 0 Å². The Kier molecular flexibility index (Phi) is 7.33. The number of carbonyl (C=O) groups excluding carboxylic acids is 1. The van der Waals surface area contributed by atoms with Gasteiger partial charge in [-0.3, -0.25) is 4.79 Å². The third-order valence-electron chi connectivity index (χ3n) is 4.34. The zero-order valence-corrected chi connectivity index (χ0v) is 17.0. The van der Waals surface area contributed by atoms with Gasteiger partial charge < -0.3 is 15.4 Å². The van der Waals surface area contributed by atoms with Crippen LogP contribution in [0.4, 0.5) is 0 Å². The summed E-state index contributed by atoms with van der Waals surface area (Å²) in [4.78, 5) is 12.3. The molecule has 0 aliphatic carbocycles. The van der Waals surface area contributed by atoms with Crippen LogP contribution in [0.1, 0.15) is 42.6 Å². The van der Waals surface area contributed by atoms with Crippen molar-refractivity contribution in [1.82, 2.24) is 5.32 Å². The van der Waals surface area contributed by atoms with Crippen LogP contribution in [-0.2, 0) is 4.79 Å². The molecule has 26 heavy (non-hydrogen) atoms. The number of quaternary nitrogens is 1. The largest absolute Gasteiger partial charge is 0.496 e. The highest BCUT2D eigenvalue weighted by molar-refractivity contribution is 6.35. The molecular weight excluding hydrogens is 371 g/mol. The van der Waals surface area contributed by atoms with E-state index in [1.165, 1.54) is 0 Å². The lowest BCUT2D eigenvalue weighted by Crippen LogP contribution is -2.87. The molecule has 0 spiro atoms. The standard InChI is InChI=1S/C20H24Cl2N2O2/c1-12-5-8-19(26-4)17(9-12)13(2)23-11-20(25)24-14(3)16-7-6-15(21)10-18(16)22/h5-10,13-14,23H,11H2,1-4H3,(H,24,25)/p+1/t13-,14+/m0/s1. The Morgan fingerprint density at radius 1 is 1.15 bits per heavy atom. The van der Waals surface area contributed by atoms with Crippen molar-refractivity contribution in [2.45, 2.75) is 32.9 Å². The molecule has 0 heterocycles. The minimum absolute atomic E-state index is 0.0537. The molecule has 6 heteroatoms. The fraction of sp³-hybridized carbons (Fsp3) is 0.350. The van der Waals surface area contributed by atoms with Crippen molar-refractivity contribution >= 4 is 29.1 Å². The summed E-state index contributed by atoms with van der Waals surface area (Å²) >= 11 is 12.1. The summed E-state index contributed by atoms with van der Waals surface area (Å²) in [5, 5.41) is 6.09. The number of hydrogen-bond donors (Lipinski definition) is 2. The Bertz CT molecular complexity index is 780. The van der Waals surface area contributed by atoms with Gasteiger partial charge in [0.1, 0.15) is 11.8 Å². The highest BCUT2D eigenvalue weighted by atomic mass is 35.5. The van der Waals surface area contributed by atoms with Crippen molar-refractivity contribution < 1.29 is 14.8 Å². The highest BCUT2D eigenvalue weighted by Crippen LogP contribution is 2.26. The summed E-state index contributed by atoms with van der Waals surface area (Å²) in [6, 6.07) is 11.3. The average Bonchev–Trinajstić information content (AvgIpc) is 2.59. The molecule has 0 bridgehead atoms. The minimum Gasteiger partial charge on any atom is -0.496 e. The number of rotatable bonds is 7. The molecule has 0 aliphatic rings. The van der Waals surface area contributed by atoms with Crippen LogP contribution in [-0.4, -0.2) is 19.6 Å². The minimum atomic E-state index is -0.190. The van der Waals surface area contributed by atoms with Crippen LogP contribution in [0.5, 0.6) is 5.75 Å². The van der Waals surface area contributed by atoms with E-state index in [1.807, 2.05) is 37.4 Å². The van der Waals surface area contributed by atoms with Gasteiger partial charge in [0.25, 0.3) is 5.91 Å². The number of ether oxygens (including phenoxy) is 1. The summed E-state index contributed by atoms with van der Waals surface area (Å²) in [5.41, 5.74) is 3.09. The fourth-order valence-corrected chi connectivity index (χ4v) is 3.42. The van der Waals surface area contributed by atoms with Crippen LogP contribution >= 0.6 is 23.2 Å². The Morgan fingerprint density at radius 3 is 2.54 bits per heavy atom. The first-order chi connectivity index (χ1) is 12.3. The number of halogens is 2. The second-order valence-corrected chi connectivity index (χ2v) is 7.27. The molecule has 2 aromatic rings. The Labute approximate surface area is 164 Å². The lowest BCUT2D eigenvalue weighted by atomic mass is 10.0. The van der Waals surface area contributed by atoms with Crippen molar-refractivity contribution in [3.05, 3.63) is 63.1 Å². The fourth-order valence-electron chi connectivity index (χ4n) is 2.85. The Morgan fingerprint density at radius 2 is 1.88 bits per heavy atom. The van der Waals surface area contributed by atoms with Crippen LogP contribution in [0.3, 0.4) is 0 Å². The Hall–Kier alpha value is -1.75. The quantitative estimate of drug-likeness (QED) is 0.748. The summed E-state index contributed by atoms with van der Waals surface area (Å²) in [5.74, 6) is 0.781. The zero-order valence-electron chi connectivity index (χ0n) is 15.5. The number of hydrogen-bond acceptors (Lipinski definition) is 2. The molecule has 0 radical (unpaired) electrons. The van der Waals surface area contributed by atoms with Gasteiger partial charge in [0.05, 0.1) is 18.7 Å². The number of nitrogens with two attached hydrogens (primary N) is 1. The zero-order chi connectivity index (χ0) is 19.3. The van der Waals surface area contributed by atoms with Gasteiger partial charge in [0.2, 0.25) is 0 Å². The highest BCUT2D eigenvalue weighted by Gasteiger charge is 2.18. The molecule has 4 nitrogen and oxygen atoms in total. The first kappa shape index (κ1) is 20.6. The third-order valence-corrected chi connectivity index (χ3v) is 4.90. The number of carbonyl (C=O) groups is 1. The smallest absolute Gasteiger partial charge is 0.275 e. The number of nitrogens with one attached hydrogen (secondary N) is 1. The lowest BCUT2D eigenvalue weighted by molar-refractivity contribution is -0.682. The summed E-state index contributed by atoms with van der Waals surface area (Å²) < 4.78 is 5.43. The average molecular weight is 396 g/mol. The summed E-state index contributed by atoms with van der Waals surface area (Å²) in [7, 11) is 1.66. The molecule has 2 atom stereocenters. The van der Waals surface area contributed by atoms with Gasteiger partial charge in [-0.1, -0.05) is 40.9 Å². The molecule has 0 aromatic heterocycles. The number of amides is 1. The van der Waals surface area contributed by atoms with Gasteiger partial charge in [0, 0.05) is 10.0 Å². The number of aryl methyl sites for hydroxylation is 1. The molecule has 2 aromatic carbocycles. The van der Waals surface area contributed by atoms with Crippen molar-refractivity contribution in [3.63, 3.8) is 0 Å². The summed E-state index contributed by atoms with van der Waals surface area (Å²) in [6.45, 7) is 6.32. The van der Waals surface area contributed by atoms with Crippen LogP contribution in [0.2, 0.25) is 10.0 Å². The van der Waals surface area contributed by atoms with E-state index in [2.05, 4.69) is 18.3 Å². The lowest BCUT2D eigenvalue weighted by Gasteiger charge is -2.18. The molecule has 1 amide bonds. The molecule has 0 unspecified atom stereocenters. The molecule has 0 fully saturated rings. The first-order valence-electron chi connectivity index (χ1n) is 8.54. The maximum absolute atomic E-state index is 12.3. The van der Waals surface area contributed by atoms with E-state index in [0.717, 1.165) is 22.4 Å². The van der Waals surface area contributed by atoms with E-state index >= 15 is 0 Å². The van der Waals surface area contributed by atoms with Crippen molar-refractivity contribution in [2.24, 2.45) is 0 Å². The SMILES string of the molecule is COc1ccc(C)cc1[C@H](C)[NH2+]CC(=O)N[C@H](C)c1ccc(Cl)cc1Cl. The van der Waals surface area contributed by atoms with Crippen LogP contribution in [0.15, 0.2) is 36.4 Å². The van der Waals surface area contributed by atoms with E-state index in [1.54, 1.807) is 19.2 Å². The van der Waals surface area contributed by atoms with E-state index in [9.17, 15) is 4.79 Å². The van der Waals surface area contributed by atoms with Gasteiger partial charge in [-0.15, -0.1) is 0 Å². The third kappa shape index (κ3) is 5.37. The topological polar surface area (TPSA) is 54.9 Å². The van der Waals surface area contributed by atoms with Crippen LogP contribution < -0.4 is 15.4 Å². The normalized spacial score (nSPS) is 13.2. The van der Waals surface area contributed by atoms with Gasteiger partial charge in [-0.2, -0.15) is 0 Å².